The Labute approximate surface area is 148 Å². The summed E-state index contributed by atoms with van der Waals surface area (Å²) in [6.45, 7) is 5.97. The normalized spacial score (nSPS) is 18.6. The Morgan fingerprint density at radius 2 is 2.24 bits per heavy atom. The maximum atomic E-state index is 12.4. The number of carbonyl (C=O) groups excluding carboxylic acids is 1. The minimum atomic E-state index is -0.0858. The van der Waals surface area contributed by atoms with E-state index in [0.29, 0.717) is 13.1 Å². The van der Waals surface area contributed by atoms with Crippen molar-refractivity contribution in [3.63, 3.8) is 0 Å². The van der Waals surface area contributed by atoms with E-state index in [4.69, 9.17) is 4.74 Å². The number of urea groups is 1. The first kappa shape index (κ1) is 17.3. The average molecular weight is 342 g/mol. The van der Waals surface area contributed by atoms with Crippen LogP contribution in [0.5, 0.6) is 5.75 Å². The van der Waals surface area contributed by atoms with E-state index in [2.05, 4.69) is 15.3 Å². The molecule has 25 heavy (non-hydrogen) atoms. The fourth-order valence-corrected chi connectivity index (χ4v) is 3.12. The van der Waals surface area contributed by atoms with E-state index in [0.717, 1.165) is 31.0 Å². The molecular weight excluding hydrogens is 316 g/mol. The van der Waals surface area contributed by atoms with Gasteiger partial charge in [0.25, 0.3) is 0 Å². The molecule has 2 amide bonds. The Hall–Kier alpha value is -2.50. The number of imidazole rings is 1. The minimum absolute atomic E-state index is 0.0318. The fraction of sp³-hybridized carbons (Fsp3) is 0.474. The second kappa shape index (κ2) is 8.05. The Morgan fingerprint density at radius 1 is 1.44 bits per heavy atom. The number of likely N-dealkylation sites (tertiary alicyclic amines) is 1. The maximum Gasteiger partial charge on any atom is 0.317 e. The van der Waals surface area contributed by atoms with Crippen LogP contribution in [0.2, 0.25) is 0 Å². The highest BCUT2D eigenvalue weighted by Crippen LogP contribution is 2.24. The standard InChI is InChI=1S/C19H26N4O2/c1-14-5-7-17(8-6-14)25-15(2)12-22-19(24)23-11-3-4-16(13-23)18-20-9-10-21-18/h5-10,15-16H,3-4,11-13H2,1-2H3,(H,20,21)(H,22,24). The van der Waals surface area contributed by atoms with Gasteiger partial charge in [0.1, 0.15) is 17.7 Å². The molecule has 0 radical (unpaired) electrons. The molecule has 1 saturated heterocycles. The zero-order chi connectivity index (χ0) is 17.6. The number of aromatic nitrogens is 2. The van der Waals surface area contributed by atoms with Gasteiger partial charge in [-0.2, -0.15) is 0 Å². The lowest BCUT2D eigenvalue weighted by molar-refractivity contribution is 0.168. The van der Waals surface area contributed by atoms with Crippen LogP contribution in [-0.4, -0.2) is 46.6 Å². The van der Waals surface area contributed by atoms with Gasteiger partial charge in [-0.3, -0.25) is 0 Å². The number of nitrogens with one attached hydrogen (secondary N) is 2. The average Bonchev–Trinajstić information content (AvgIpc) is 3.16. The van der Waals surface area contributed by atoms with Crippen molar-refractivity contribution >= 4 is 6.03 Å². The SMILES string of the molecule is Cc1ccc(OC(C)CNC(=O)N2CCCC(c3ncc[nH]3)C2)cc1. The van der Waals surface area contributed by atoms with Gasteiger partial charge < -0.3 is 19.9 Å². The number of amides is 2. The molecular formula is C19H26N4O2. The second-order valence-corrected chi connectivity index (χ2v) is 6.69. The van der Waals surface area contributed by atoms with Crippen LogP contribution in [0.25, 0.3) is 0 Å². The zero-order valence-corrected chi connectivity index (χ0v) is 14.9. The van der Waals surface area contributed by atoms with E-state index in [1.807, 2.05) is 49.2 Å². The van der Waals surface area contributed by atoms with E-state index in [9.17, 15) is 4.79 Å². The van der Waals surface area contributed by atoms with Crippen LogP contribution < -0.4 is 10.1 Å². The number of aromatic amines is 1. The topological polar surface area (TPSA) is 70.2 Å². The van der Waals surface area contributed by atoms with Gasteiger partial charge in [-0.1, -0.05) is 17.7 Å². The van der Waals surface area contributed by atoms with Crippen LogP contribution >= 0.6 is 0 Å². The highest BCUT2D eigenvalue weighted by molar-refractivity contribution is 5.74. The van der Waals surface area contributed by atoms with Crippen molar-refractivity contribution in [2.45, 2.75) is 38.7 Å². The number of ether oxygens (including phenoxy) is 1. The molecule has 0 bridgehead atoms. The van der Waals surface area contributed by atoms with Crippen LogP contribution in [0.4, 0.5) is 4.79 Å². The van der Waals surface area contributed by atoms with Crippen LogP contribution in [-0.2, 0) is 0 Å². The quantitative estimate of drug-likeness (QED) is 0.877. The molecule has 2 atom stereocenters. The molecule has 2 aromatic rings. The molecule has 0 aliphatic carbocycles. The second-order valence-electron chi connectivity index (χ2n) is 6.69. The lowest BCUT2D eigenvalue weighted by Crippen LogP contribution is -2.47. The molecule has 1 fully saturated rings. The first-order chi connectivity index (χ1) is 12.1. The van der Waals surface area contributed by atoms with Crippen molar-refractivity contribution in [3.05, 3.63) is 48.0 Å². The molecule has 1 aromatic carbocycles. The first-order valence-corrected chi connectivity index (χ1v) is 8.87. The van der Waals surface area contributed by atoms with Crippen LogP contribution in [0.3, 0.4) is 0 Å². The summed E-state index contributed by atoms with van der Waals surface area (Å²) < 4.78 is 5.84. The predicted molar refractivity (Wildman–Crippen MR) is 96.8 cm³/mol. The summed E-state index contributed by atoms with van der Waals surface area (Å²) >= 11 is 0. The molecule has 2 heterocycles. The van der Waals surface area contributed by atoms with Crippen molar-refractivity contribution in [3.8, 4) is 5.75 Å². The van der Waals surface area contributed by atoms with Gasteiger partial charge in [0.2, 0.25) is 0 Å². The summed E-state index contributed by atoms with van der Waals surface area (Å²) in [6, 6.07) is 7.90. The van der Waals surface area contributed by atoms with E-state index in [-0.39, 0.29) is 18.1 Å². The van der Waals surface area contributed by atoms with Crippen molar-refractivity contribution in [2.75, 3.05) is 19.6 Å². The van der Waals surface area contributed by atoms with Crippen molar-refractivity contribution in [1.82, 2.24) is 20.2 Å². The van der Waals surface area contributed by atoms with E-state index < -0.39 is 0 Å². The summed E-state index contributed by atoms with van der Waals surface area (Å²) in [5.41, 5.74) is 1.20. The molecule has 0 spiro atoms. The highest BCUT2D eigenvalue weighted by Gasteiger charge is 2.26. The molecule has 2 unspecified atom stereocenters. The summed E-state index contributed by atoms with van der Waals surface area (Å²) in [4.78, 5) is 21.8. The smallest absolute Gasteiger partial charge is 0.317 e. The monoisotopic (exact) mass is 342 g/mol. The maximum absolute atomic E-state index is 12.4. The largest absolute Gasteiger partial charge is 0.489 e. The van der Waals surface area contributed by atoms with Gasteiger partial charge in [0, 0.05) is 31.4 Å². The lowest BCUT2D eigenvalue weighted by Gasteiger charge is -2.32. The molecule has 2 N–H and O–H groups in total. The Bertz CT molecular complexity index is 669. The van der Waals surface area contributed by atoms with Crippen LogP contribution in [0.15, 0.2) is 36.7 Å². The number of carbonyl (C=O) groups is 1. The van der Waals surface area contributed by atoms with Crippen LogP contribution in [0, 0.1) is 6.92 Å². The number of hydrogen-bond acceptors (Lipinski definition) is 3. The molecule has 6 heteroatoms. The predicted octanol–water partition coefficient (Wildman–Crippen LogP) is 3.07. The molecule has 1 aliphatic rings. The molecule has 1 aromatic heterocycles. The highest BCUT2D eigenvalue weighted by atomic mass is 16.5. The summed E-state index contributed by atoms with van der Waals surface area (Å²) in [6.07, 6.45) is 5.56. The van der Waals surface area contributed by atoms with Crippen molar-refractivity contribution in [1.29, 1.82) is 0 Å². The van der Waals surface area contributed by atoms with Gasteiger partial charge in [0.05, 0.1) is 6.54 Å². The summed E-state index contributed by atoms with van der Waals surface area (Å²) in [5.74, 6) is 2.08. The Balaban J connectivity index is 1.46. The van der Waals surface area contributed by atoms with Crippen molar-refractivity contribution in [2.24, 2.45) is 0 Å². The van der Waals surface area contributed by atoms with E-state index in [1.165, 1.54) is 5.56 Å². The Morgan fingerprint density at radius 3 is 2.96 bits per heavy atom. The van der Waals surface area contributed by atoms with Gasteiger partial charge in [-0.05, 0) is 38.8 Å². The van der Waals surface area contributed by atoms with Crippen LogP contribution in [0.1, 0.15) is 37.1 Å². The zero-order valence-electron chi connectivity index (χ0n) is 14.9. The number of H-pyrrole nitrogens is 1. The molecule has 0 saturated carbocycles. The number of hydrogen-bond donors (Lipinski definition) is 2. The molecule has 1 aliphatic heterocycles. The molecule has 6 nitrogen and oxygen atoms in total. The number of nitrogens with zero attached hydrogens (tertiary/aromatic N) is 2. The number of benzene rings is 1. The third-order valence-corrected chi connectivity index (χ3v) is 4.51. The third kappa shape index (κ3) is 4.75. The number of rotatable bonds is 5. The molecule has 134 valence electrons. The number of piperidine rings is 1. The summed E-state index contributed by atoms with van der Waals surface area (Å²) in [5, 5.41) is 2.98. The van der Waals surface area contributed by atoms with Gasteiger partial charge in [-0.15, -0.1) is 0 Å². The lowest BCUT2D eigenvalue weighted by atomic mass is 9.98. The number of aryl methyl sites for hydroxylation is 1. The van der Waals surface area contributed by atoms with E-state index in [1.54, 1.807) is 6.20 Å². The van der Waals surface area contributed by atoms with Crippen molar-refractivity contribution < 1.29 is 9.53 Å². The summed E-state index contributed by atoms with van der Waals surface area (Å²) in [7, 11) is 0. The van der Waals surface area contributed by atoms with Gasteiger partial charge >= 0.3 is 6.03 Å². The van der Waals surface area contributed by atoms with Gasteiger partial charge in [0.15, 0.2) is 0 Å². The first-order valence-electron chi connectivity index (χ1n) is 8.87. The third-order valence-electron chi connectivity index (χ3n) is 4.51. The Kier molecular flexibility index (Phi) is 5.58. The van der Waals surface area contributed by atoms with Gasteiger partial charge in [-0.25, -0.2) is 9.78 Å². The molecule has 3 rings (SSSR count). The fourth-order valence-electron chi connectivity index (χ4n) is 3.12. The minimum Gasteiger partial charge on any atom is -0.489 e. The van der Waals surface area contributed by atoms with E-state index >= 15 is 0 Å².